The Kier molecular flexibility index (Phi) is 6.96. The minimum absolute atomic E-state index is 0.654. The third kappa shape index (κ3) is 4.96. The summed E-state index contributed by atoms with van der Waals surface area (Å²) in [5.41, 5.74) is 4.85. The number of hydrogen-bond donors (Lipinski definition) is 1. The Morgan fingerprint density at radius 1 is 0.895 bits per heavy atom. The molecule has 0 saturated carbocycles. The summed E-state index contributed by atoms with van der Waals surface area (Å²) in [5.74, 6) is 0.713. The van der Waals surface area contributed by atoms with Crippen molar-refractivity contribution in [1.82, 2.24) is 19.7 Å². The summed E-state index contributed by atoms with van der Waals surface area (Å²) in [7, 11) is 1.72. The number of ether oxygens (including phenoxy) is 1. The normalized spacial score (nSPS) is 11.3. The van der Waals surface area contributed by atoms with Gasteiger partial charge in [0.1, 0.15) is 5.69 Å². The van der Waals surface area contributed by atoms with Crippen molar-refractivity contribution in [3.05, 3.63) is 102 Å². The largest absolute Gasteiger partial charge is 0.383 e. The molecule has 0 aliphatic heterocycles. The molecular formula is C30H24ClN5OS. The third-order valence-corrected chi connectivity index (χ3v) is 7.61. The SMILES string of the molecule is COCCn1ccc2nccc(Sc3ccc(Nc4nnc(-c5ccc(Cl)cc5)c5ccccc45)cc3)c21. The summed E-state index contributed by atoms with van der Waals surface area (Å²) in [5, 5.41) is 15.3. The first-order valence-electron chi connectivity index (χ1n) is 12.2. The summed E-state index contributed by atoms with van der Waals surface area (Å²) in [6.07, 6.45) is 3.93. The number of nitrogens with one attached hydrogen (secondary N) is 1. The van der Waals surface area contributed by atoms with Gasteiger partial charge < -0.3 is 14.6 Å². The Morgan fingerprint density at radius 3 is 2.47 bits per heavy atom. The Bertz CT molecular complexity index is 1720. The summed E-state index contributed by atoms with van der Waals surface area (Å²) in [6, 6.07) is 28.3. The third-order valence-electron chi connectivity index (χ3n) is 6.30. The van der Waals surface area contributed by atoms with Crippen LogP contribution < -0.4 is 5.32 Å². The average molecular weight is 538 g/mol. The lowest BCUT2D eigenvalue weighted by atomic mass is 10.0. The van der Waals surface area contributed by atoms with E-state index in [9.17, 15) is 0 Å². The first-order valence-corrected chi connectivity index (χ1v) is 13.4. The van der Waals surface area contributed by atoms with E-state index in [-0.39, 0.29) is 0 Å². The highest BCUT2D eigenvalue weighted by molar-refractivity contribution is 7.99. The lowest BCUT2D eigenvalue weighted by Gasteiger charge is -2.12. The van der Waals surface area contributed by atoms with E-state index in [0.29, 0.717) is 17.4 Å². The number of nitrogens with zero attached hydrogens (tertiary/aromatic N) is 4. The predicted octanol–water partition coefficient (Wildman–Crippen LogP) is 7.84. The zero-order valence-electron chi connectivity index (χ0n) is 20.6. The highest BCUT2D eigenvalue weighted by Crippen LogP contribution is 2.35. The van der Waals surface area contributed by atoms with Crippen molar-refractivity contribution < 1.29 is 4.74 Å². The van der Waals surface area contributed by atoms with Crippen LogP contribution >= 0.6 is 23.4 Å². The van der Waals surface area contributed by atoms with Crippen LogP contribution in [0.25, 0.3) is 33.1 Å². The molecule has 0 fully saturated rings. The lowest BCUT2D eigenvalue weighted by molar-refractivity contribution is 0.188. The molecule has 3 heterocycles. The van der Waals surface area contributed by atoms with Crippen molar-refractivity contribution in [3.8, 4) is 11.3 Å². The Morgan fingerprint density at radius 2 is 1.68 bits per heavy atom. The van der Waals surface area contributed by atoms with Crippen molar-refractivity contribution in [2.24, 2.45) is 0 Å². The van der Waals surface area contributed by atoms with Crippen LogP contribution in [0.1, 0.15) is 0 Å². The van der Waals surface area contributed by atoms with Gasteiger partial charge in [0.25, 0.3) is 0 Å². The molecule has 0 bridgehead atoms. The molecule has 8 heteroatoms. The number of benzene rings is 3. The molecule has 0 amide bonds. The second-order valence-corrected chi connectivity index (χ2v) is 10.3. The Hall–Kier alpha value is -3.91. The molecular weight excluding hydrogens is 514 g/mol. The molecule has 0 spiro atoms. The van der Waals surface area contributed by atoms with Crippen LogP contribution in [0.3, 0.4) is 0 Å². The van der Waals surface area contributed by atoms with Gasteiger partial charge in [-0.2, -0.15) is 0 Å². The van der Waals surface area contributed by atoms with Gasteiger partial charge in [0.2, 0.25) is 0 Å². The van der Waals surface area contributed by atoms with E-state index in [1.54, 1.807) is 18.9 Å². The maximum Gasteiger partial charge on any atom is 0.161 e. The maximum atomic E-state index is 6.08. The zero-order valence-corrected chi connectivity index (χ0v) is 22.2. The zero-order chi connectivity index (χ0) is 25.9. The standard InChI is InChI=1S/C30H24ClN5OS/c1-37-19-18-36-17-15-26-29(36)27(14-16-32-26)38-23-12-10-22(11-13-23)33-30-25-5-3-2-4-24(25)28(34-35-30)20-6-8-21(31)9-7-20/h2-17H,18-19H2,1H3,(H,33,35). The van der Waals surface area contributed by atoms with Crippen LogP contribution in [0, 0.1) is 0 Å². The van der Waals surface area contributed by atoms with Gasteiger partial charge in [0, 0.05) is 62.9 Å². The minimum atomic E-state index is 0.654. The number of aromatic nitrogens is 4. The number of methoxy groups -OCH3 is 1. The quantitative estimate of drug-likeness (QED) is 0.213. The van der Waals surface area contributed by atoms with Crippen LogP contribution in [0.15, 0.2) is 107 Å². The van der Waals surface area contributed by atoms with Crippen molar-refractivity contribution in [3.63, 3.8) is 0 Å². The number of halogens is 1. The minimum Gasteiger partial charge on any atom is -0.383 e. The second kappa shape index (κ2) is 10.8. The van der Waals surface area contributed by atoms with Gasteiger partial charge in [0.15, 0.2) is 5.82 Å². The van der Waals surface area contributed by atoms with E-state index in [1.165, 1.54) is 0 Å². The molecule has 38 heavy (non-hydrogen) atoms. The summed E-state index contributed by atoms with van der Waals surface area (Å²) in [6.45, 7) is 1.44. The van der Waals surface area contributed by atoms with E-state index < -0.39 is 0 Å². The van der Waals surface area contributed by atoms with E-state index in [2.05, 4.69) is 73.7 Å². The molecule has 0 aliphatic rings. The molecule has 6 nitrogen and oxygen atoms in total. The van der Waals surface area contributed by atoms with E-state index in [4.69, 9.17) is 16.3 Å². The fourth-order valence-electron chi connectivity index (χ4n) is 4.44. The maximum absolute atomic E-state index is 6.08. The van der Waals surface area contributed by atoms with Gasteiger partial charge in [-0.3, -0.25) is 4.98 Å². The number of rotatable bonds is 8. The van der Waals surface area contributed by atoms with Crippen molar-refractivity contribution in [1.29, 1.82) is 0 Å². The molecule has 188 valence electrons. The Balaban J connectivity index is 1.25. The molecule has 3 aromatic heterocycles. The van der Waals surface area contributed by atoms with Crippen LogP contribution in [-0.2, 0) is 11.3 Å². The smallest absolute Gasteiger partial charge is 0.161 e. The monoisotopic (exact) mass is 537 g/mol. The van der Waals surface area contributed by atoms with E-state index >= 15 is 0 Å². The number of hydrogen-bond acceptors (Lipinski definition) is 6. The highest BCUT2D eigenvalue weighted by atomic mass is 35.5. The topological polar surface area (TPSA) is 64.9 Å². The highest BCUT2D eigenvalue weighted by Gasteiger charge is 2.12. The number of pyridine rings is 1. The first-order chi connectivity index (χ1) is 18.7. The van der Waals surface area contributed by atoms with Crippen LogP contribution in [0.2, 0.25) is 5.02 Å². The van der Waals surface area contributed by atoms with Crippen LogP contribution in [0.5, 0.6) is 0 Å². The van der Waals surface area contributed by atoms with Gasteiger partial charge in [0.05, 0.1) is 17.6 Å². The summed E-state index contributed by atoms with van der Waals surface area (Å²) >= 11 is 7.80. The van der Waals surface area contributed by atoms with Crippen molar-refractivity contribution in [2.75, 3.05) is 19.0 Å². The molecule has 3 aromatic carbocycles. The van der Waals surface area contributed by atoms with E-state index in [0.717, 1.165) is 55.1 Å². The van der Waals surface area contributed by atoms with Gasteiger partial charge in [-0.25, -0.2) is 0 Å². The summed E-state index contributed by atoms with van der Waals surface area (Å²) < 4.78 is 7.47. The molecule has 0 aliphatic carbocycles. The van der Waals surface area contributed by atoms with Crippen molar-refractivity contribution >= 4 is 56.7 Å². The fraction of sp³-hybridized carbons (Fsp3) is 0.100. The lowest BCUT2D eigenvalue weighted by Crippen LogP contribution is -2.03. The van der Waals surface area contributed by atoms with Crippen LogP contribution in [-0.4, -0.2) is 33.5 Å². The molecule has 6 rings (SSSR count). The summed E-state index contributed by atoms with van der Waals surface area (Å²) in [4.78, 5) is 6.82. The van der Waals surface area contributed by atoms with Gasteiger partial charge in [-0.1, -0.05) is 59.8 Å². The van der Waals surface area contributed by atoms with Crippen molar-refractivity contribution in [2.45, 2.75) is 16.3 Å². The average Bonchev–Trinajstić information content (AvgIpc) is 3.38. The number of fused-ring (bicyclic) bond motifs is 2. The molecule has 6 aromatic rings. The van der Waals surface area contributed by atoms with Gasteiger partial charge in [-0.15, -0.1) is 10.2 Å². The molecule has 0 atom stereocenters. The molecule has 0 unspecified atom stereocenters. The van der Waals surface area contributed by atoms with Gasteiger partial charge in [-0.05, 0) is 48.5 Å². The fourth-order valence-corrected chi connectivity index (χ4v) is 5.54. The molecule has 1 N–H and O–H groups in total. The predicted molar refractivity (Wildman–Crippen MR) is 155 cm³/mol. The second-order valence-electron chi connectivity index (χ2n) is 8.75. The van der Waals surface area contributed by atoms with Crippen LogP contribution in [0.4, 0.5) is 11.5 Å². The first kappa shape index (κ1) is 24.4. The van der Waals surface area contributed by atoms with E-state index in [1.807, 2.05) is 48.7 Å². The Labute approximate surface area is 229 Å². The van der Waals surface area contributed by atoms with Gasteiger partial charge >= 0.3 is 0 Å². The molecule has 0 saturated heterocycles. The number of anilines is 2. The molecule has 0 radical (unpaired) electrons.